The van der Waals surface area contributed by atoms with Gasteiger partial charge in [0, 0.05) is 11.8 Å². The molecule has 15 heteroatoms. The van der Waals surface area contributed by atoms with Crippen LogP contribution in [0.1, 0.15) is 36.0 Å². The van der Waals surface area contributed by atoms with Crippen LogP contribution in [0, 0.1) is 17.7 Å². The molecule has 1 saturated carbocycles. The van der Waals surface area contributed by atoms with Crippen molar-refractivity contribution >= 4 is 26.1 Å². The maximum Gasteiger partial charge on any atom is 0.435 e. The number of nitrogens with zero attached hydrogens (tertiary/aromatic N) is 1. The van der Waals surface area contributed by atoms with Crippen LogP contribution in [-0.4, -0.2) is 41.7 Å². The second kappa shape index (κ2) is 9.25. The lowest BCUT2D eigenvalue weighted by Gasteiger charge is -2.42. The number of hydrogen-bond donors (Lipinski definition) is 0. The molecule has 5 nitrogen and oxygen atoms in total. The fraction of sp³-hybridized carbons (Fsp3) is 0.458. The van der Waals surface area contributed by atoms with Crippen LogP contribution in [0.2, 0.25) is 0 Å². The Balaban J connectivity index is 1.95. The standard InChI is InChI=1S/C24H21F8NO4S2/c1-38(34,35)33-13-15-10-11-21(39(36,37)18-6-4-17(25)5-7-18)19-9-3-16(12-14(19)2-8-20(15)21)22(26,23(27,28)29)24(30,31)32/h3-7,9,12-13,15,20H,2,8,10-11H2,1H3/b33-13+/t15?,20-,21+/m0/s1. The number of halogens is 8. The highest BCUT2D eigenvalue weighted by molar-refractivity contribution is 7.92. The first kappa shape index (κ1) is 29.4. The van der Waals surface area contributed by atoms with Gasteiger partial charge in [0.05, 0.1) is 11.2 Å². The van der Waals surface area contributed by atoms with E-state index in [1.54, 1.807) is 0 Å². The zero-order valence-electron chi connectivity index (χ0n) is 20.0. The average Bonchev–Trinajstić information content (AvgIpc) is 3.21. The summed E-state index contributed by atoms with van der Waals surface area (Å²) in [7, 11) is -8.35. The number of benzene rings is 2. The fourth-order valence-corrected chi connectivity index (χ4v) is 8.65. The highest BCUT2D eigenvalue weighted by Gasteiger charge is 2.73. The minimum atomic E-state index is -6.35. The third-order valence-corrected chi connectivity index (χ3v) is 10.6. The summed E-state index contributed by atoms with van der Waals surface area (Å²) in [4.78, 5) is -0.350. The highest BCUT2D eigenvalue weighted by atomic mass is 32.2. The number of aryl methyl sites for hydroxylation is 1. The van der Waals surface area contributed by atoms with Gasteiger partial charge < -0.3 is 0 Å². The number of fused-ring (bicyclic) bond motifs is 3. The van der Waals surface area contributed by atoms with Crippen molar-refractivity contribution in [1.29, 1.82) is 0 Å². The molecule has 1 unspecified atom stereocenters. The quantitative estimate of drug-likeness (QED) is 0.246. The molecule has 4 rings (SSSR count). The summed E-state index contributed by atoms with van der Waals surface area (Å²) >= 11 is 0. The molecule has 0 radical (unpaired) electrons. The van der Waals surface area contributed by atoms with E-state index in [2.05, 4.69) is 4.40 Å². The predicted molar refractivity (Wildman–Crippen MR) is 124 cm³/mol. The van der Waals surface area contributed by atoms with Crippen LogP contribution in [0.15, 0.2) is 51.8 Å². The molecule has 2 aliphatic rings. The Morgan fingerprint density at radius 2 is 1.49 bits per heavy atom. The van der Waals surface area contributed by atoms with Crippen LogP contribution in [0.5, 0.6) is 0 Å². The van der Waals surface area contributed by atoms with Crippen molar-refractivity contribution in [2.75, 3.05) is 6.26 Å². The molecule has 2 aliphatic carbocycles. The summed E-state index contributed by atoms with van der Waals surface area (Å²) in [6.45, 7) is 0. The van der Waals surface area contributed by atoms with Crippen molar-refractivity contribution in [2.24, 2.45) is 16.2 Å². The van der Waals surface area contributed by atoms with Gasteiger partial charge in [0.25, 0.3) is 0 Å². The van der Waals surface area contributed by atoms with Crippen molar-refractivity contribution in [2.45, 2.75) is 53.3 Å². The monoisotopic (exact) mass is 603 g/mol. The number of sulfonamides is 1. The summed E-state index contributed by atoms with van der Waals surface area (Å²) in [5, 5.41) is 0. The molecule has 0 amide bonds. The summed E-state index contributed by atoms with van der Waals surface area (Å²) in [6.07, 6.45) is -11.2. The van der Waals surface area contributed by atoms with E-state index in [-0.39, 0.29) is 47.8 Å². The summed E-state index contributed by atoms with van der Waals surface area (Å²) in [5.74, 6) is -2.36. The lowest BCUT2D eigenvalue weighted by Crippen LogP contribution is -2.50. The molecule has 0 aromatic heterocycles. The van der Waals surface area contributed by atoms with Gasteiger partial charge in [-0.15, -0.1) is 0 Å². The first-order valence-electron chi connectivity index (χ1n) is 11.5. The third kappa shape index (κ3) is 4.64. The van der Waals surface area contributed by atoms with Gasteiger partial charge in [0.15, 0.2) is 9.84 Å². The van der Waals surface area contributed by atoms with Gasteiger partial charge in [-0.25, -0.2) is 25.6 Å². The van der Waals surface area contributed by atoms with E-state index >= 15 is 0 Å². The van der Waals surface area contributed by atoms with Gasteiger partial charge in [-0.2, -0.15) is 30.7 Å². The van der Waals surface area contributed by atoms with Gasteiger partial charge in [-0.1, -0.05) is 18.2 Å². The maximum atomic E-state index is 14.8. The molecule has 3 atom stereocenters. The molecule has 0 spiro atoms. The summed E-state index contributed by atoms with van der Waals surface area (Å²) < 4.78 is 162. The van der Waals surface area contributed by atoms with Crippen LogP contribution < -0.4 is 0 Å². The van der Waals surface area contributed by atoms with Crippen LogP contribution >= 0.6 is 0 Å². The Morgan fingerprint density at radius 1 is 0.897 bits per heavy atom. The van der Waals surface area contributed by atoms with E-state index in [0.29, 0.717) is 6.07 Å². The molecular weight excluding hydrogens is 582 g/mol. The van der Waals surface area contributed by atoms with E-state index in [1.807, 2.05) is 0 Å². The zero-order valence-corrected chi connectivity index (χ0v) is 21.7. The Labute approximate surface area is 218 Å². The minimum absolute atomic E-state index is 0.0729. The van der Waals surface area contributed by atoms with Gasteiger partial charge in [-0.05, 0) is 72.9 Å². The number of alkyl halides is 7. The summed E-state index contributed by atoms with van der Waals surface area (Å²) in [5.41, 5.74) is -7.77. The van der Waals surface area contributed by atoms with Crippen molar-refractivity contribution in [3.8, 4) is 0 Å². The van der Waals surface area contributed by atoms with Crippen LogP contribution in [0.3, 0.4) is 0 Å². The Hall–Kier alpha value is -2.55. The first-order chi connectivity index (χ1) is 17.8. The smallest absolute Gasteiger partial charge is 0.223 e. The van der Waals surface area contributed by atoms with Gasteiger partial charge in [-0.3, -0.25) is 0 Å². The number of sulfone groups is 1. The average molecular weight is 604 g/mol. The molecule has 214 valence electrons. The zero-order chi connectivity index (χ0) is 29.2. The van der Waals surface area contributed by atoms with E-state index in [4.69, 9.17) is 0 Å². The number of rotatable bonds is 5. The summed E-state index contributed by atoms with van der Waals surface area (Å²) in [6, 6.07) is 5.17. The molecule has 39 heavy (non-hydrogen) atoms. The van der Waals surface area contributed by atoms with Gasteiger partial charge >= 0.3 is 18.0 Å². The highest BCUT2D eigenvalue weighted by Crippen LogP contribution is 2.60. The molecule has 2 aromatic carbocycles. The van der Waals surface area contributed by atoms with E-state index in [1.165, 1.54) is 0 Å². The molecule has 0 aliphatic heterocycles. The maximum absolute atomic E-state index is 14.8. The van der Waals surface area contributed by atoms with Gasteiger partial charge in [0.1, 0.15) is 10.6 Å². The molecule has 2 aromatic rings. The van der Waals surface area contributed by atoms with Crippen molar-refractivity contribution in [1.82, 2.24) is 0 Å². The minimum Gasteiger partial charge on any atom is -0.223 e. The second-order valence-corrected chi connectivity index (χ2v) is 13.6. The Kier molecular flexibility index (Phi) is 6.98. The topological polar surface area (TPSA) is 80.6 Å². The molecular formula is C24H21F8NO4S2. The Bertz CT molecular complexity index is 1500. The molecule has 0 N–H and O–H groups in total. The van der Waals surface area contributed by atoms with Crippen LogP contribution in [0.4, 0.5) is 35.1 Å². The molecule has 1 fully saturated rings. The molecule has 0 heterocycles. The first-order valence-corrected chi connectivity index (χ1v) is 14.8. The second-order valence-electron chi connectivity index (χ2n) is 9.71. The third-order valence-electron chi connectivity index (χ3n) is 7.48. The molecule has 0 saturated heterocycles. The van der Waals surface area contributed by atoms with E-state index in [0.717, 1.165) is 42.8 Å². The van der Waals surface area contributed by atoms with Gasteiger partial charge in [0.2, 0.25) is 10.0 Å². The Morgan fingerprint density at radius 3 is 2.03 bits per heavy atom. The molecule has 0 bridgehead atoms. The lowest BCUT2D eigenvalue weighted by atomic mass is 9.72. The predicted octanol–water partition coefficient (Wildman–Crippen LogP) is 5.79. The SMILES string of the molecule is CS(=O)(=O)/N=C/C1CC[C@@]2(S(=O)(=O)c3ccc(F)cc3)c3ccc(C(F)(C(F)(F)F)C(F)(F)F)cc3CC[C@@H]12. The fourth-order valence-electron chi connectivity index (χ4n) is 5.79. The number of hydrogen-bond acceptors (Lipinski definition) is 4. The largest absolute Gasteiger partial charge is 0.435 e. The lowest BCUT2D eigenvalue weighted by molar-refractivity contribution is -0.348. The van der Waals surface area contributed by atoms with E-state index in [9.17, 15) is 52.0 Å². The van der Waals surface area contributed by atoms with Crippen molar-refractivity contribution < 1.29 is 52.0 Å². The normalized spacial score (nSPS) is 24.5. The van der Waals surface area contributed by atoms with Crippen molar-refractivity contribution in [3.05, 3.63) is 65.0 Å². The van der Waals surface area contributed by atoms with Crippen molar-refractivity contribution in [3.63, 3.8) is 0 Å². The van der Waals surface area contributed by atoms with Crippen LogP contribution in [-0.2, 0) is 36.7 Å². The van der Waals surface area contributed by atoms with E-state index < -0.39 is 65.8 Å². The van der Waals surface area contributed by atoms with Crippen LogP contribution in [0.25, 0.3) is 0 Å².